The number of nitrogens with zero attached hydrogens (tertiary/aromatic N) is 3. The van der Waals surface area contributed by atoms with Crippen LogP contribution in [0.25, 0.3) is 11.4 Å². The third kappa shape index (κ3) is 4.11. The zero-order chi connectivity index (χ0) is 23.1. The summed E-state index contributed by atoms with van der Waals surface area (Å²) in [4.78, 5) is 32.8. The number of fused-ring (bicyclic) bond motifs is 1. The molecule has 3 aliphatic rings. The van der Waals surface area contributed by atoms with Crippen molar-refractivity contribution in [2.45, 2.75) is 50.5 Å². The highest BCUT2D eigenvalue weighted by molar-refractivity contribution is 5.97. The Hall–Kier alpha value is -3.48. The van der Waals surface area contributed by atoms with Crippen LogP contribution >= 0.6 is 0 Å². The Balaban J connectivity index is 1.24. The molecule has 6 rings (SSSR count). The van der Waals surface area contributed by atoms with Crippen LogP contribution in [0.2, 0.25) is 0 Å². The van der Waals surface area contributed by atoms with Crippen molar-refractivity contribution >= 4 is 17.5 Å². The van der Waals surface area contributed by atoms with E-state index in [9.17, 15) is 9.59 Å². The Labute approximate surface area is 198 Å². The predicted octanol–water partition coefficient (Wildman–Crippen LogP) is 4.10. The number of benzene rings is 2. The van der Waals surface area contributed by atoms with Crippen LogP contribution in [0.4, 0.5) is 5.69 Å². The maximum absolute atomic E-state index is 13.6. The second-order valence-electron chi connectivity index (χ2n) is 9.79. The van der Waals surface area contributed by atoms with Gasteiger partial charge in [0, 0.05) is 36.2 Å². The Morgan fingerprint density at radius 2 is 1.82 bits per heavy atom. The van der Waals surface area contributed by atoms with Crippen LogP contribution in [0.5, 0.6) is 0 Å². The molecule has 7 heteroatoms. The fraction of sp³-hybridized carbons (Fsp3) is 0.407. The molecule has 1 aromatic heterocycles. The second kappa shape index (κ2) is 8.70. The van der Waals surface area contributed by atoms with Gasteiger partial charge in [0.15, 0.2) is 0 Å². The van der Waals surface area contributed by atoms with E-state index in [2.05, 4.69) is 21.5 Å². The number of nitrogens with one attached hydrogen (secondary N) is 1. The lowest BCUT2D eigenvalue weighted by atomic mass is 10.0. The molecule has 1 N–H and O–H groups in total. The van der Waals surface area contributed by atoms with E-state index in [1.165, 1.54) is 5.56 Å². The molecule has 34 heavy (non-hydrogen) atoms. The number of hydrogen-bond acceptors (Lipinski definition) is 5. The molecule has 2 aromatic carbocycles. The summed E-state index contributed by atoms with van der Waals surface area (Å²) in [6.45, 7) is 0.705. The number of anilines is 1. The van der Waals surface area contributed by atoms with Gasteiger partial charge in [0.05, 0.1) is 5.92 Å². The average molecular weight is 457 g/mol. The molecule has 0 unspecified atom stereocenters. The van der Waals surface area contributed by atoms with Gasteiger partial charge in [-0.15, -0.1) is 0 Å². The second-order valence-corrected chi connectivity index (χ2v) is 9.79. The minimum atomic E-state index is -0.200. The van der Waals surface area contributed by atoms with E-state index in [0.717, 1.165) is 30.5 Å². The van der Waals surface area contributed by atoms with E-state index in [4.69, 9.17) is 4.52 Å². The standard InChI is InChI=1S/C27H28N4O3/c32-24(14-17-10-11-17)28-22-16-20(27(33)31-13-12-18-6-4-5-9-23(18)31)15-21(22)26-29-25(30-34-26)19-7-2-1-3-8-19/h1-9,17,20-22H,10-16H2,(H,28,32)/t20-,21-,22+/m1/s1. The predicted molar refractivity (Wildman–Crippen MR) is 127 cm³/mol. The molecule has 0 radical (unpaired) electrons. The molecule has 174 valence electrons. The van der Waals surface area contributed by atoms with E-state index >= 15 is 0 Å². The Morgan fingerprint density at radius 1 is 1.03 bits per heavy atom. The molecular weight excluding hydrogens is 428 g/mol. The Morgan fingerprint density at radius 3 is 2.65 bits per heavy atom. The van der Waals surface area contributed by atoms with E-state index in [0.29, 0.717) is 43.4 Å². The maximum Gasteiger partial charge on any atom is 0.232 e. The summed E-state index contributed by atoms with van der Waals surface area (Å²) in [5, 5.41) is 7.39. The van der Waals surface area contributed by atoms with Crippen LogP contribution in [-0.4, -0.2) is 34.5 Å². The minimum absolute atomic E-state index is 0.0555. The first-order valence-corrected chi connectivity index (χ1v) is 12.2. The lowest BCUT2D eigenvalue weighted by molar-refractivity contribution is -0.123. The third-order valence-corrected chi connectivity index (χ3v) is 7.37. The van der Waals surface area contributed by atoms with E-state index in [1.807, 2.05) is 53.4 Å². The van der Waals surface area contributed by atoms with Crippen LogP contribution in [0, 0.1) is 11.8 Å². The first-order valence-electron chi connectivity index (χ1n) is 12.2. The monoisotopic (exact) mass is 456 g/mol. The lowest BCUT2D eigenvalue weighted by Crippen LogP contribution is -2.38. The average Bonchev–Trinajstić information content (AvgIpc) is 3.26. The molecule has 2 amide bonds. The topological polar surface area (TPSA) is 88.3 Å². The molecule has 0 bridgehead atoms. The molecular formula is C27H28N4O3. The van der Waals surface area contributed by atoms with Crippen molar-refractivity contribution < 1.29 is 14.1 Å². The Bertz CT molecular complexity index is 1200. The highest BCUT2D eigenvalue weighted by atomic mass is 16.5. The highest BCUT2D eigenvalue weighted by Gasteiger charge is 2.44. The van der Waals surface area contributed by atoms with E-state index < -0.39 is 0 Å². The molecule has 3 aromatic rings. The summed E-state index contributed by atoms with van der Waals surface area (Å²) in [5.41, 5.74) is 3.10. The molecule has 2 heterocycles. The zero-order valence-electron chi connectivity index (χ0n) is 19.0. The highest BCUT2D eigenvalue weighted by Crippen LogP contribution is 2.41. The third-order valence-electron chi connectivity index (χ3n) is 7.37. The smallest absolute Gasteiger partial charge is 0.232 e. The first kappa shape index (κ1) is 21.1. The number of carbonyl (C=O) groups is 2. The minimum Gasteiger partial charge on any atom is -0.353 e. The van der Waals surface area contributed by atoms with Gasteiger partial charge in [0.25, 0.3) is 0 Å². The number of amides is 2. The molecule has 7 nitrogen and oxygen atoms in total. The van der Waals surface area contributed by atoms with E-state index in [-0.39, 0.29) is 29.7 Å². The number of rotatable bonds is 6. The summed E-state index contributed by atoms with van der Waals surface area (Å²) in [6, 6.07) is 17.6. The maximum atomic E-state index is 13.6. The largest absolute Gasteiger partial charge is 0.353 e. The van der Waals surface area contributed by atoms with Gasteiger partial charge in [-0.25, -0.2) is 0 Å². The van der Waals surface area contributed by atoms with Gasteiger partial charge in [-0.05, 0) is 49.7 Å². The van der Waals surface area contributed by atoms with Crippen LogP contribution in [0.1, 0.15) is 49.5 Å². The quantitative estimate of drug-likeness (QED) is 0.603. The molecule has 0 spiro atoms. The first-order chi connectivity index (χ1) is 16.7. The summed E-state index contributed by atoms with van der Waals surface area (Å²) in [7, 11) is 0. The molecule has 2 saturated carbocycles. The van der Waals surface area contributed by atoms with Crippen molar-refractivity contribution in [2.75, 3.05) is 11.4 Å². The van der Waals surface area contributed by atoms with E-state index in [1.54, 1.807) is 0 Å². The molecule has 0 saturated heterocycles. The molecule has 1 aliphatic heterocycles. The van der Waals surface area contributed by atoms with Crippen molar-refractivity contribution in [3.63, 3.8) is 0 Å². The zero-order valence-corrected chi connectivity index (χ0v) is 19.0. The van der Waals surface area contributed by atoms with Gasteiger partial charge in [-0.1, -0.05) is 53.7 Å². The number of para-hydroxylation sites is 1. The van der Waals surface area contributed by atoms with Gasteiger partial charge in [-0.2, -0.15) is 4.98 Å². The van der Waals surface area contributed by atoms with Gasteiger partial charge < -0.3 is 14.7 Å². The number of aromatic nitrogens is 2. The van der Waals surface area contributed by atoms with Gasteiger partial charge >= 0.3 is 0 Å². The van der Waals surface area contributed by atoms with Crippen molar-refractivity contribution in [1.82, 2.24) is 15.5 Å². The Kier molecular flexibility index (Phi) is 5.40. The van der Waals surface area contributed by atoms with Gasteiger partial charge in [0.1, 0.15) is 0 Å². The van der Waals surface area contributed by atoms with Gasteiger partial charge in [-0.3, -0.25) is 9.59 Å². The molecule has 2 aliphatic carbocycles. The summed E-state index contributed by atoms with van der Waals surface area (Å²) < 4.78 is 5.68. The number of hydrogen-bond donors (Lipinski definition) is 1. The SMILES string of the molecule is O=C(CC1CC1)N[C@H]1C[C@H](C(=O)N2CCc3ccccc32)C[C@H]1c1nc(-c2ccccc2)no1. The fourth-order valence-corrected chi connectivity index (χ4v) is 5.40. The van der Waals surface area contributed by atoms with Crippen molar-refractivity contribution in [3.8, 4) is 11.4 Å². The summed E-state index contributed by atoms with van der Waals surface area (Å²) in [6.07, 6.45) is 4.86. The normalized spacial score (nSPS) is 23.6. The molecule has 2 fully saturated rings. The molecule has 3 atom stereocenters. The van der Waals surface area contributed by atoms with Crippen molar-refractivity contribution in [1.29, 1.82) is 0 Å². The van der Waals surface area contributed by atoms with Crippen LogP contribution in [0.15, 0.2) is 59.1 Å². The summed E-state index contributed by atoms with van der Waals surface area (Å²) >= 11 is 0. The van der Waals surface area contributed by atoms with Gasteiger partial charge in [0.2, 0.25) is 23.5 Å². The fourth-order valence-electron chi connectivity index (χ4n) is 5.40. The lowest BCUT2D eigenvalue weighted by Gasteiger charge is -2.21. The van der Waals surface area contributed by atoms with Crippen LogP contribution < -0.4 is 10.2 Å². The van der Waals surface area contributed by atoms with Crippen molar-refractivity contribution in [2.24, 2.45) is 11.8 Å². The van der Waals surface area contributed by atoms with Crippen LogP contribution in [0.3, 0.4) is 0 Å². The van der Waals surface area contributed by atoms with Crippen molar-refractivity contribution in [3.05, 3.63) is 66.1 Å². The summed E-state index contributed by atoms with van der Waals surface area (Å²) in [5.74, 6) is 1.33. The number of carbonyl (C=O) groups excluding carboxylic acids is 2. The van der Waals surface area contributed by atoms with Crippen LogP contribution in [-0.2, 0) is 16.0 Å².